The summed E-state index contributed by atoms with van der Waals surface area (Å²) >= 11 is 8.68. The first-order valence-corrected chi connectivity index (χ1v) is 4.88. The van der Waals surface area contributed by atoms with Gasteiger partial charge >= 0.3 is 11.9 Å². The zero-order chi connectivity index (χ0) is 9.94. The molecule has 7 heteroatoms. The van der Waals surface area contributed by atoms with Gasteiger partial charge in [-0.25, -0.2) is 9.59 Å². The van der Waals surface area contributed by atoms with Crippen LogP contribution in [0.1, 0.15) is 0 Å². The van der Waals surface area contributed by atoms with Gasteiger partial charge in [-0.15, -0.1) is 0 Å². The van der Waals surface area contributed by atoms with Crippen LogP contribution in [0.5, 0.6) is 0 Å². The quantitative estimate of drug-likeness (QED) is 0.578. The Morgan fingerprint density at radius 2 is 1.58 bits per heavy atom. The predicted octanol–water partition coefficient (Wildman–Crippen LogP) is 1.92. The minimum atomic E-state index is -1.33. The second kappa shape index (κ2) is 4.38. The van der Waals surface area contributed by atoms with Gasteiger partial charge in [0.15, 0.2) is 2.14 Å². The summed E-state index contributed by atoms with van der Waals surface area (Å²) in [6.07, 6.45) is 0.584. The predicted molar refractivity (Wildman–Crippen MR) is 52.9 cm³/mol. The highest BCUT2D eigenvalue weighted by atomic mass is 80.0. The van der Waals surface area contributed by atoms with Gasteiger partial charge in [0.05, 0.1) is 5.57 Å². The van der Waals surface area contributed by atoms with Crippen LogP contribution < -0.4 is 0 Å². The fourth-order valence-electron chi connectivity index (χ4n) is 0.388. The van der Waals surface area contributed by atoms with Gasteiger partial charge in [0.25, 0.3) is 0 Å². The van der Waals surface area contributed by atoms with Gasteiger partial charge in [0.2, 0.25) is 0 Å². The van der Waals surface area contributed by atoms with Crippen molar-refractivity contribution >= 4 is 59.7 Å². The maximum absolute atomic E-state index is 10.5. The van der Waals surface area contributed by atoms with Gasteiger partial charge < -0.3 is 10.2 Å². The number of carbonyl (C=O) groups is 2. The Hall–Kier alpha value is 0.120. The van der Waals surface area contributed by atoms with E-state index in [1.165, 1.54) is 0 Å². The molecule has 0 spiro atoms. The van der Waals surface area contributed by atoms with Crippen LogP contribution in [0.3, 0.4) is 0 Å². The highest BCUT2D eigenvalue weighted by molar-refractivity contribution is 9.39. The third-order valence-electron chi connectivity index (χ3n) is 0.804. The number of alkyl halides is 3. The van der Waals surface area contributed by atoms with Crippen LogP contribution in [0.15, 0.2) is 11.6 Å². The van der Waals surface area contributed by atoms with E-state index >= 15 is 0 Å². The molecule has 0 rings (SSSR count). The molecule has 4 nitrogen and oxygen atoms in total. The lowest BCUT2D eigenvalue weighted by molar-refractivity contribution is -0.135. The van der Waals surface area contributed by atoms with Crippen molar-refractivity contribution in [2.75, 3.05) is 0 Å². The molecule has 0 saturated carbocycles. The zero-order valence-electron chi connectivity index (χ0n) is 5.42. The summed E-state index contributed by atoms with van der Waals surface area (Å²) in [5.74, 6) is -2.65. The standard InChI is InChI=1S/C5H3Br3O4/c6-5(7,8)2(4(11)12)1-3(9)10/h1H,(H,9,10)(H,11,12)/b2-1-. The monoisotopic (exact) mass is 364 g/mol. The van der Waals surface area contributed by atoms with E-state index in [9.17, 15) is 9.59 Å². The lowest BCUT2D eigenvalue weighted by Gasteiger charge is -2.11. The number of halogens is 3. The summed E-state index contributed by atoms with van der Waals surface area (Å²) < 4.78 is -1.21. The van der Waals surface area contributed by atoms with E-state index in [-0.39, 0.29) is 5.57 Å². The number of aliphatic carboxylic acids is 2. The molecule has 0 saturated heterocycles. The lowest BCUT2D eigenvalue weighted by Crippen LogP contribution is -2.16. The van der Waals surface area contributed by atoms with E-state index in [1.807, 2.05) is 0 Å². The van der Waals surface area contributed by atoms with Crippen molar-refractivity contribution in [1.82, 2.24) is 0 Å². The summed E-state index contributed by atoms with van der Waals surface area (Å²) in [4.78, 5) is 20.6. The van der Waals surface area contributed by atoms with Gasteiger partial charge in [-0.2, -0.15) is 0 Å². The Kier molecular flexibility index (Phi) is 4.43. The average Bonchev–Trinajstić information content (AvgIpc) is 1.79. The Morgan fingerprint density at radius 3 is 1.67 bits per heavy atom. The SMILES string of the molecule is O=C(O)/C=C(/C(=O)O)C(Br)(Br)Br. The third kappa shape index (κ3) is 4.22. The molecular weight excluding hydrogens is 364 g/mol. The van der Waals surface area contributed by atoms with E-state index < -0.39 is 14.1 Å². The number of hydrogen-bond donors (Lipinski definition) is 2. The molecule has 68 valence electrons. The van der Waals surface area contributed by atoms with Crippen LogP contribution in [0.2, 0.25) is 0 Å². The maximum Gasteiger partial charge on any atom is 0.335 e. The van der Waals surface area contributed by atoms with Crippen LogP contribution in [0, 0.1) is 0 Å². The molecule has 0 heterocycles. The molecule has 0 aromatic carbocycles. The minimum absolute atomic E-state index is 0.352. The van der Waals surface area contributed by atoms with Crippen molar-refractivity contribution in [3.63, 3.8) is 0 Å². The van der Waals surface area contributed by atoms with Crippen LogP contribution >= 0.6 is 47.8 Å². The second-order valence-corrected chi connectivity index (χ2v) is 8.46. The molecule has 0 aromatic heterocycles. The molecule has 0 fully saturated rings. The van der Waals surface area contributed by atoms with Crippen molar-refractivity contribution in [3.8, 4) is 0 Å². The minimum Gasteiger partial charge on any atom is -0.478 e. The lowest BCUT2D eigenvalue weighted by atomic mass is 10.3. The van der Waals surface area contributed by atoms with Gasteiger partial charge in [-0.1, -0.05) is 47.8 Å². The van der Waals surface area contributed by atoms with Crippen LogP contribution in [-0.4, -0.2) is 24.3 Å². The summed E-state index contributed by atoms with van der Waals surface area (Å²) in [6.45, 7) is 0. The first-order valence-electron chi connectivity index (χ1n) is 2.50. The molecule has 0 aliphatic carbocycles. The fourth-order valence-corrected chi connectivity index (χ4v) is 1.24. The molecule has 0 atom stereocenters. The highest BCUT2D eigenvalue weighted by Gasteiger charge is 2.30. The first kappa shape index (κ1) is 12.1. The Morgan fingerprint density at radius 1 is 1.17 bits per heavy atom. The van der Waals surface area contributed by atoms with Crippen LogP contribution in [0.4, 0.5) is 0 Å². The Bertz CT molecular complexity index is 240. The molecule has 0 bridgehead atoms. The largest absolute Gasteiger partial charge is 0.478 e. The molecule has 0 aliphatic rings. The van der Waals surface area contributed by atoms with Crippen molar-refractivity contribution in [3.05, 3.63) is 11.6 Å². The second-order valence-electron chi connectivity index (χ2n) is 1.70. The molecular formula is C5H3Br3O4. The molecule has 0 aromatic rings. The van der Waals surface area contributed by atoms with Crippen LogP contribution in [-0.2, 0) is 9.59 Å². The summed E-state index contributed by atoms with van der Waals surface area (Å²) in [5.41, 5.74) is -0.352. The van der Waals surface area contributed by atoms with Gasteiger partial charge in [0.1, 0.15) is 0 Å². The number of carboxylic acid groups (broad SMARTS) is 2. The Balaban J connectivity index is 4.94. The van der Waals surface area contributed by atoms with E-state index in [4.69, 9.17) is 10.2 Å². The maximum atomic E-state index is 10.5. The van der Waals surface area contributed by atoms with Crippen molar-refractivity contribution in [2.24, 2.45) is 0 Å². The molecule has 0 unspecified atom stereocenters. The molecule has 12 heavy (non-hydrogen) atoms. The normalized spacial score (nSPS) is 12.8. The number of hydrogen-bond acceptors (Lipinski definition) is 2. The molecule has 0 amide bonds. The molecule has 0 radical (unpaired) electrons. The van der Waals surface area contributed by atoms with Gasteiger partial charge in [-0.3, -0.25) is 0 Å². The zero-order valence-corrected chi connectivity index (χ0v) is 10.2. The van der Waals surface area contributed by atoms with Gasteiger partial charge in [0, 0.05) is 6.08 Å². The Labute approximate surface area is 93.0 Å². The van der Waals surface area contributed by atoms with Gasteiger partial charge in [-0.05, 0) is 0 Å². The van der Waals surface area contributed by atoms with Crippen molar-refractivity contribution in [2.45, 2.75) is 2.14 Å². The van der Waals surface area contributed by atoms with E-state index in [0.717, 1.165) is 0 Å². The third-order valence-corrected chi connectivity index (χ3v) is 2.09. The first-order chi connectivity index (χ1) is 5.25. The van der Waals surface area contributed by atoms with Crippen molar-refractivity contribution < 1.29 is 19.8 Å². The van der Waals surface area contributed by atoms with E-state index in [1.54, 1.807) is 0 Å². The van der Waals surface area contributed by atoms with E-state index in [2.05, 4.69) is 47.8 Å². The summed E-state index contributed by atoms with van der Waals surface area (Å²) in [5, 5.41) is 16.8. The smallest absolute Gasteiger partial charge is 0.335 e. The molecule has 0 aliphatic heterocycles. The fraction of sp³-hybridized carbons (Fsp3) is 0.200. The number of carboxylic acids is 2. The summed E-state index contributed by atoms with van der Waals surface area (Å²) in [7, 11) is 0. The average molecular weight is 367 g/mol. The summed E-state index contributed by atoms with van der Waals surface area (Å²) in [6, 6.07) is 0. The molecule has 2 N–H and O–H groups in total. The topological polar surface area (TPSA) is 74.6 Å². The van der Waals surface area contributed by atoms with Crippen molar-refractivity contribution in [1.29, 1.82) is 0 Å². The van der Waals surface area contributed by atoms with E-state index in [0.29, 0.717) is 6.08 Å². The number of rotatable bonds is 2. The highest BCUT2D eigenvalue weighted by Crippen LogP contribution is 2.40. The van der Waals surface area contributed by atoms with Crippen LogP contribution in [0.25, 0.3) is 0 Å².